The average molecular weight is 319 g/mol. The van der Waals surface area contributed by atoms with Crippen molar-refractivity contribution in [2.75, 3.05) is 5.32 Å². The van der Waals surface area contributed by atoms with Crippen LogP contribution in [-0.4, -0.2) is 0 Å². The largest absolute Gasteiger partial charge is 0.375 e. The molecule has 3 nitrogen and oxygen atoms in total. The fourth-order valence-electron chi connectivity index (χ4n) is 2.88. The van der Waals surface area contributed by atoms with Crippen molar-refractivity contribution < 1.29 is 0 Å². The number of benzene rings is 2. The van der Waals surface area contributed by atoms with Crippen molar-refractivity contribution in [3.63, 3.8) is 0 Å². The van der Waals surface area contributed by atoms with Gasteiger partial charge >= 0.3 is 0 Å². The second-order valence-electron chi connectivity index (χ2n) is 6.46. The maximum Gasteiger partial charge on any atom is 0.250 e. The van der Waals surface area contributed by atoms with Gasteiger partial charge in [-0.25, -0.2) is 0 Å². The van der Waals surface area contributed by atoms with E-state index in [-0.39, 0.29) is 6.04 Å². The van der Waals surface area contributed by atoms with Crippen molar-refractivity contribution in [1.82, 2.24) is 0 Å². The van der Waals surface area contributed by atoms with Crippen LogP contribution in [0.3, 0.4) is 0 Å². The number of hydrogen-bond acceptors (Lipinski definition) is 3. The molecule has 0 saturated heterocycles. The van der Waals surface area contributed by atoms with E-state index in [4.69, 9.17) is 0 Å². The van der Waals surface area contributed by atoms with E-state index in [1.807, 2.05) is 61.5 Å². The third kappa shape index (κ3) is 2.90. The lowest BCUT2D eigenvalue weighted by molar-refractivity contribution is 0.866. The van der Waals surface area contributed by atoms with Crippen LogP contribution in [-0.2, 0) is 0 Å². The van der Waals surface area contributed by atoms with Crippen LogP contribution >= 0.6 is 0 Å². The number of nitrogens with one attached hydrogen (secondary N) is 1. The van der Waals surface area contributed by atoms with Gasteiger partial charge in [-0.3, -0.25) is 9.59 Å². The average Bonchev–Trinajstić information content (AvgIpc) is 2.61. The zero-order valence-electron chi connectivity index (χ0n) is 14.2. The van der Waals surface area contributed by atoms with E-state index in [0.717, 1.165) is 11.1 Å². The summed E-state index contributed by atoms with van der Waals surface area (Å²) >= 11 is 0. The molecule has 0 fully saturated rings. The Morgan fingerprint density at radius 3 is 1.96 bits per heavy atom. The molecule has 0 aromatic heterocycles. The zero-order chi connectivity index (χ0) is 17.3. The molecule has 3 aromatic rings. The van der Waals surface area contributed by atoms with E-state index in [9.17, 15) is 9.59 Å². The minimum Gasteiger partial charge on any atom is -0.375 e. The SMILES string of the molecule is CC(C)c1ccc(-c2c(NC(C)c3ccccc3)c(=O)c2=O)cc1. The van der Waals surface area contributed by atoms with Crippen LogP contribution in [0.4, 0.5) is 5.69 Å². The first-order valence-electron chi connectivity index (χ1n) is 8.24. The van der Waals surface area contributed by atoms with Crippen LogP contribution in [0.15, 0.2) is 64.2 Å². The molecule has 0 aliphatic rings. The lowest BCUT2D eigenvalue weighted by Crippen LogP contribution is -2.36. The van der Waals surface area contributed by atoms with Crippen LogP contribution < -0.4 is 16.2 Å². The molecule has 0 aliphatic carbocycles. The van der Waals surface area contributed by atoms with Crippen LogP contribution in [0.25, 0.3) is 11.1 Å². The molecule has 122 valence electrons. The van der Waals surface area contributed by atoms with Gasteiger partial charge in [0.15, 0.2) is 0 Å². The summed E-state index contributed by atoms with van der Waals surface area (Å²) in [5.74, 6) is 0.433. The second-order valence-corrected chi connectivity index (χ2v) is 6.46. The molecule has 0 aliphatic heterocycles. The Morgan fingerprint density at radius 1 is 0.750 bits per heavy atom. The van der Waals surface area contributed by atoms with Crippen molar-refractivity contribution in [2.45, 2.75) is 32.7 Å². The topological polar surface area (TPSA) is 46.2 Å². The fourth-order valence-corrected chi connectivity index (χ4v) is 2.88. The summed E-state index contributed by atoms with van der Waals surface area (Å²) < 4.78 is 0. The van der Waals surface area contributed by atoms with Crippen molar-refractivity contribution in [1.29, 1.82) is 0 Å². The highest BCUT2D eigenvalue weighted by Gasteiger charge is 2.23. The number of anilines is 1. The van der Waals surface area contributed by atoms with Gasteiger partial charge in [0.1, 0.15) is 0 Å². The first-order valence-corrected chi connectivity index (χ1v) is 8.24. The molecule has 0 spiro atoms. The first kappa shape index (κ1) is 16.2. The molecule has 1 N–H and O–H groups in total. The summed E-state index contributed by atoms with van der Waals surface area (Å²) in [6.07, 6.45) is 0. The smallest absolute Gasteiger partial charge is 0.250 e. The third-order valence-electron chi connectivity index (χ3n) is 4.44. The molecule has 3 rings (SSSR count). The van der Waals surface area contributed by atoms with Crippen LogP contribution in [0.1, 0.15) is 43.9 Å². The first-order chi connectivity index (χ1) is 11.5. The Balaban J connectivity index is 1.90. The van der Waals surface area contributed by atoms with Crippen molar-refractivity contribution in [3.8, 4) is 11.1 Å². The molecule has 0 heterocycles. The molecule has 0 amide bonds. The van der Waals surface area contributed by atoms with Gasteiger partial charge in [0.05, 0.1) is 11.3 Å². The van der Waals surface area contributed by atoms with Gasteiger partial charge in [-0.15, -0.1) is 0 Å². The fraction of sp³-hybridized carbons (Fsp3) is 0.238. The summed E-state index contributed by atoms with van der Waals surface area (Å²) in [4.78, 5) is 24.1. The zero-order valence-corrected chi connectivity index (χ0v) is 14.2. The molecule has 0 bridgehead atoms. The van der Waals surface area contributed by atoms with Gasteiger partial charge in [0.2, 0.25) is 10.9 Å². The van der Waals surface area contributed by atoms with Gasteiger partial charge in [0.25, 0.3) is 0 Å². The van der Waals surface area contributed by atoms with E-state index in [1.165, 1.54) is 5.56 Å². The van der Waals surface area contributed by atoms with Crippen LogP contribution in [0.5, 0.6) is 0 Å². The second kappa shape index (κ2) is 6.44. The van der Waals surface area contributed by atoms with E-state index in [1.54, 1.807) is 0 Å². The van der Waals surface area contributed by atoms with Gasteiger partial charge in [-0.2, -0.15) is 0 Å². The monoisotopic (exact) mass is 319 g/mol. The van der Waals surface area contributed by atoms with Crippen molar-refractivity contribution in [2.24, 2.45) is 0 Å². The molecule has 1 atom stereocenters. The Morgan fingerprint density at radius 2 is 1.38 bits per heavy atom. The summed E-state index contributed by atoms with van der Waals surface area (Å²) in [6, 6.07) is 17.7. The molecule has 3 heteroatoms. The van der Waals surface area contributed by atoms with E-state index in [0.29, 0.717) is 17.2 Å². The van der Waals surface area contributed by atoms with Crippen LogP contribution in [0.2, 0.25) is 0 Å². The van der Waals surface area contributed by atoms with Gasteiger partial charge in [-0.05, 0) is 29.5 Å². The van der Waals surface area contributed by atoms with E-state index >= 15 is 0 Å². The Hall–Kier alpha value is -2.68. The van der Waals surface area contributed by atoms with Crippen molar-refractivity contribution >= 4 is 5.69 Å². The van der Waals surface area contributed by atoms with Crippen LogP contribution in [0, 0.1) is 0 Å². The molecular weight excluding hydrogens is 298 g/mol. The Bertz CT molecular complexity index is 901. The summed E-state index contributed by atoms with van der Waals surface area (Å²) in [5.41, 5.74) is 3.17. The highest BCUT2D eigenvalue weighted by Crippen LogP contribution is 2.28. The summed E-state index contributed by atoms with van der Waals surface area (Å²) in [6.45, 7) is 6.24. The molecule has 0 radical (unpaired) electrons. The molecule has 0 saturated carbocycles. The Kier molecular flexibility index (Phi) is 4.34. The van der Waals surface area contributed by atoms with Gasteiger partial charge < -0.3 is 5.32 Å². The third-order valence-corrected chi connectivity index (χ3v) is 4.44. The summed E-state index contributed by atoms with van der Waals surface area (Å²) in [7, 11) is 0. The molecular formula is C21H21NO2. The molecule has 3 aromatic carbocycles. The lowest BCUT2D eigenvalue weighted by atomic mass is 9.94. The lowest BCUT2D eigenvalue weighted by Gasteiger charge is -2.19. The minimum atomic E-state index is -0.430. The minimum absolute atomic E-state index is 0.0387. The molecule has 1 unspecified atom stereocenters. The summed E-state index contributed by atoms with van der Waals surface area (Å²) in [5, 5.41) is 3.21. The van der Waals surface area contributed by atoms with Gasteiger partial charge in [0, 0.05) is 6.04 Å². The van der Waals surface area contributed by atoms with E-state index < -0.39 is 10.9 Å². The Labute approximate surface area is 141 Å². The van der Waals surface area contributed by atoms with E-state index in [2.05, 4.69) is 19.2 Å². The highest BCUT2D eigenvalue weighted by atomic mass is 16.2. The predicted molar refractivity (Wildman–Crippen MR) is 99.4 cm³/mol. The maximum absolute atomic E-state index is 12.1. The quantitative estimate of drug-likeness (QED) is 0.715. The number of rotatable bonds is 5. The molecule has 24 heavy (non-hydrogen) atoms. The normalized spacial score (nSPS) is 12.5. The predicted octanol–water partition coefficient (Wildman–Crippen LogP) is 4.25. The van der Waals surface area contributed by atoms with Gasteiger partial charge in [-0.1, -0.05) is 68.4 Å². The standard InChI is InChI=1S/C21H21NO2/c1-13(2)15-9-11-17(12-10-15)18-19(21(24)20(18)23)22-14(3)16-7-5-4-6-8-16/h4-14,22H,1-3H3. The number of hydrogen-bond donors (Lipinski definition) is 1. The van der Waals surface area contributed by atoms with Crippen molar-refractivity contribution in [3.05, 3.63) is 86.2 Å². The maximum atomic E-state index is 12.1. The highest BCUT2D eigenvalue weighted by molar-refractivity contribution is 5.82.